The van der Waals surface area contributed by atoms with Crippen LogP contribution < -0.4 is 0 Å². The van der Waals surface area contributed by atoms with Crippen LogP contribution in [0.4, 0.5) is 0 Å². The number of aryl methyl sites for hydroxylation is 1. The minimum Gasteiger partial charge on any atom is -0.371 e. The van der Waals surface area contributed by atoms with Crippen LogP contribution in [0.15, 0.2) is 49.0 Å². The van der Waals surface area contributed by atoms with Crippen molar-refractivity contribution < 1.29 is 0 Å². The van der Waals surface area contributed by atoms with Gasteiger partial charge in [0, 0.05) is 18.8 Å². The summed E-state index contributed by atoms with van der Waals surface area (Å²) in [6.07, 6.45) is 12.3. The zero-order valence-electron chi connectivity index (χ0n) is 21.2. The molecule has 2 aromatic carbocycles. The van der Waals surface area contributed by atoms with E-state index >= 15 is 0 Å². The van der Waals surface area contributed by atoms with Crippen molar-refractivity contribution >= 4 is 5.70 Å². The molecular formula is C32H43N. The zero-order chi connectivity index (χ0) is 23.0. The molecule has 2 aromatic rings. The molecule has 5 rings (SSSR count). The van der Waals surface area contributed by atoms with E-state index in [0.29, 0.717) is 11.3 Å². The monoisotopic (exact) mass is 441 g/mol. The summed E-state index contributed by atoms with van der Waals surface area (Å²) in [7, 11) is 0. The Bertz CT molecular complexity index is 987. The van der Waals surface area contributed by atoms with Gasteiger partial charge in [-0.15, -0.1) is 0 Å². The standard InChI is InChI=1S/C32H43N/c1-23(2)18-27-12-13-28(19-24(27)3)25(4)33-16-14-32(15-17-33)21-29-10-5-6-11-31(29)30(22-32)20-26-8-7-9-26/h5-6,10-13,19,23,26,30H,4,7-9,14-18,20-22H2,1-3H3. The molecule has 1 unspecified atom stereocenters. The highest BCUT2D eigenvalue weighted by molar-refractivity contribution is 5.63. The summed E-state index contributed by atoms with van der Waals surface area (Å²) in [5.74, 6) is 2.47. The Kier molecular flexibility index (Phi) is 6.43. The van der Waals surface area contributed by atoms with Crippen LogP contribution in [0.1, 0.15) is 92.5 Å². The van der Waals surface area contributed by atoms with Gasteiger partial charge in [-0.05, 0) is 103 Å². The fraction of sp³-hybridized carbons (Fsp3) is 0.562. The van der Waals surface area contributed by atoms with Crippen molar-refractivity contribution in [1.82, 2.24) is 4.90 Å². The molecule has 1 saturated carbocycles. The summed E-state index contributed by atoms with van der Waals surface area (Å²) in [6.45, 7) is 13.7. The first kappa shape index (κ1) is 22.8. The highest BCUT2D eigenvalue weighted by Crippen LogP contribution is 2.52. The van der Waals surface area contributed by atoms with E-state index in [4.69, 9.17) is 0 Å². The van der Waals surface area contributed by atoms with Gasteiger partial charge in [-0.3, -0.25) is 0 Å². The van der Waals surface area contributed by atoms with E-state index in [1.54, 1.807) is 11.1 Å². The van der Waals surface area contributed by atoms with Crippen molar-refractivity contribution in [3.8, 4) is 0 Å². The molecule has 2 fully saturated rings. The second-order valence-corrected chi connectivity index (χ2v) is 12.0. The number of likely N-dealkylation sites (tertiary alicyclic amines) is 1. The summed E-state index contributed by atoms with van der Waals surface area (Å²) in [4.78, 5) is 2.57. The van der Waals surface area contributed by atoms with Crippen molar-refractivity contribution in [1.29, 1.82) is 0 Å². The number of hydrogen-bond acceptors (Lipinski definition) is 1. The van der Waals surface area contributed by atoms with E-state index in [0.717, 1.165) is 31.3 Å². The number of fused-ring (bicyclic) bond motifs is 1. The maximum Gasteiger partial charge on any atom is 0.0366 e. The number of piperidine rings is 1. The first-order valence-corrected chi connectivity index (χ1v) is 13.5. The minimum atomic E-state index is 0.497. The van der Waals surface area contributed by atoms with Crippen LogP contribution in [-0.4, -0.2) is 18.0 Å². The van der Waals surface area contributed by atoms with Gasteiger partial charge in [0.25, 0.3) is 0 Å². The molecular weight excluding hydrogens is 398 g/mol. The summed E-state index contributed by atoms with van der Waals surface area (Å²) < 4.78 is 0. The highest BCUT2D eigenvalue weighted by Gasteiger charge is 2.42. The van der Waals surface area contributed by atoms with E-state index in [2.05, 4.69) is 74.7 Å². The van der Waals surface area contributed by atoms with E-state index in [-0.39, 0.29) is 0 Å². The normalized spacial score (nSPS) is 22.3. The molecule has 1 nitrogen and oxygen atoms in total. The first-order valence-electron chi connectivity index (χ1n) is 13.5. The van der Waals surface area contributed by atoms with Crippen LogP contribution in [0.5, 0.6) is 0 Å². The fourth-order valence-corrected chi connectivity index (χ4v) is 6.90. The Morgan fingerprint density at radius 3 is 2.52 bits per heavy atom. The van der Waals surface area contributed by atoms with Crippen LogP contribution in [0.2, 0.25) is 0 Å². The predicted octanol–water partition coefficient (Wildman–Crippen LogP) is 8.17. The molecule has 176 valence electrons. The van der Waals surface area contributed by atoms with Gasteiger partial charge < -0.3 is 4.90 Å². The quantitative estimate of drug-likeness (QED) is 0.437. The van der Waals surface area contributed by atoms with Crippen LogP contribution in [0.3, 0.4) is 0 Å². The lowest BCUT2D eigenvalue weighted by Crippen LogP contribution is -2.43. The van der Waals surface area contributed by atoms with Gasteiger partial charge >= 0.3 is 0 Å². The average molecular weight is 442 g/mol. The lowest BCUT2D eigenvalue weighted by Gasteiger charge is -2.49. The van der Waals surface area contributed by atoms with E-state index < -0.39 is 0 Å². The molecule has 1 spiro atoms. The SMILES string of the molecule is C=C(c1ccc(CC(C)C)c(C)c1)N1CCC2(CC1)Cc1ccccc1C(CC1CCC1)C2. The molecule has 1 heteroatoms. The first-order chi connectivity index (χ1) is 15.9. The Labute approximate surface area is 202 Å². The average Bonchev–Trinajstić information content (AvgIpc) is 2.77. The van der Waals surface area contributed by atoms with E-state index in [1.807, 2.05) is 0 Å². The van der Waals surface area contributed by atoms with Crippen molar-refractivity contribution in [2.45, 2.75) is 84.5 Å². The van der Waals surface area contributed by atoms with Gasteiger partial charge in [-0.1, -0.05) is 76.1 Å². The molecule has 0 bridgehead atoms. The molecule has 0 amide bonds. The molecule has 1 saturated heterocycles. The highest BCUT2D eigenvalue weighted by atomic mass is 15.1. The molecule has 0 radical (unpaired) electrons. The van der Waals surface area contributed by atoms with Crippen molar-refractivity contribution in [2.75, 3.05) is 13.1 Å². The number of nitrogens with zero attached hydrogens (tertiary/aromatic N) is 1. The van der Waals surface area contributed by atoms with Gasteiger partial charge in [-0.25, -0.2) is 0 Å². The summed E-state index contributed by atoms with van der Waals surface area (Å²) in [5.41, 5.74) is 9.27. The topological polar surface area (TPSA) is 3.24 Å². The van der Waals surface area contributed by atoms with Crippen molar-refractivity contribution in [3.05, 3.63) is 76.9 Å². The van der Waals surface area contributed by atoms with Crippen LogP contribution in [0.25, 0.3) is 5.70 Å². The van der Waals surface area contributed by atoms with Gasteiger partial charge in [-0.2, -0.15) is 0 Å². The third-order valence-electron chi connectivity index (χ3n) is 9.09. The largest absolute Gasteiger partial charge is 0.371 e. The molecule has 0 N–H and O–H groups in total. The fourth-order valence-electron chi connectivity index (χ4n) is 6.90. The Morgan fingerprint density at radius 1 is 1.09 bits per heavy atom. The summed E-state index contributed by atoms with van der Waals surface area (Å²) >= 11 is 0. The van der Waals surface area contributed by atoms with Crippen LogP contribution in [-0.2, 0) is 12.8 Å². The zero-order valence-corrected chi connectivity index (χ0v) is 21.2. The molecule has 2 aliphatic carbocycles. The summed E-state index contributed by atoms with van der Waals surface area (Å²) in [6, 6.07) is 16.4. The molecule has 3 aliphatic rings. The molecule has 0 aromatic heterocycles. The smallest absolute Gasteiger partial charge is 0.0366 e. The lowest BCUT2D eigenvalue weighted by atomic mass is 9.60. The Hall–Kier alpha value is -2.02. The number of hydrogen-bond donors (Lipinski definition) is 0. The molecule has 33 heavy (non-hydrogen) atoms. The predicted molar refractivity (Wildman–Crippen MR) is 141 cm³/mol. The second kappa shape index (κ2) is 9.32. The van der Waals surface area contributed by atoms with E-state index in [9.17, 15) is 0 Å². The number of rotatable bonds is 6. The van der Waals surface area contributed by atoms with Crippen LogP contribution in [0, 0.1) is 24.2 Å². The van der Waals surface area contributed by atoms with Crippen molar-refractivity contribution in [3.63, 3.8) is 0 Å². The van der Waals surface area contributed by atoms with Crippen LogP contribution >= 0.6 is 0 Å². The molecule has 1 atom stereocenters. The van der Waals surface area contributed by atoms with Gasteiger partial charge in [0.15, 0.2) is 0 Å². The van der Waals surface area contributed by atoms with Gasteiger partial charge in [0.2, 0.25) is 0 Å². The van der Waals surface area contributed by atoms with Crippen molar-refractivity contribution in [2.24, 2.45) is 17.3 Å². The molecule has 1 aliphatic heterocycles. The minimum absolute atomic E-state index is 0.497. The third kappa shape index (κ3) is 4.79. The van der Waals surface area contributed by atoms with Gasteiger partial charge in [0.05, 0.1) is 0 Å². The maximum atomic E-state index is 4.55. The Balaban J connectivity index is 1.27. The lowest BCUT2D eigenvalue weighted by molar-refractivity contribution is 0.102. The molecule has 1 heterocycles. The Morgan fingerprint density at radius 2 is 1.85 bits per heavy atom. The maximum absolute atomic E-state index is 4.55. The second-order valence-electron chi connectivity index (χ2n) is 12.0. The third-order valence-corrected chi connectivity index (χ3v) is 9.09. The van der Waals surface area contributed by atoms with E-state index in [1.165, 1.54) is 73.8 Å². The number of benzene rings is 2. The van der Waals surface area contributed by atoms with Gasteiger partial charge in [0.1, 0.15) is 0 Å². The summed E-state index contributed by atoms with van der Waals surface area (Å²) in [5, 5.41) is 0.